The first kappa shape index (κ1) is 19.3. The van der Waals surface area contributed by atoms with Gasteiger partial charge in [0, 0.05) is 53.8 Å². The van der Waals surface area contributed by atoms with Crippen molar-refractivity contribution in [2.45, 2.75) is 18.2 Å². The predicted octanol–water partition coefficient (Wildman–Crippen LogP) is 2.91. The van der Waals surface area contributed by atoms with Crippen LogP contribution in [0.5, 0.6) is 0 Å². The molecule has 0 radical (unpaired) electrons. The lowest BCUT2D eigenvalue weighted by Crippen LogP contribution is -2.29. The molecule has 154 valence electrons. The van der Waals surface area contributed by atoms with Crippen molar-refractivity contribution >= 4 is 23.4 Å². The van der Waals surface area contributed by atoms with Crippen LogP contribution in [-0.4, -0.2) is 36.0 Å². The Morgan fingerprint density at radius 3 is 2.71 bits per heavy atom. The molecule has 8 nitrogen and oxygen atoms in total. The Kier molecular flexibility index (Phi) is 5.09. The second-order valence-electron chi connectivity index (χ2n) is 7.03. The lowest BCUT2D eigenvalue weighted by Gasteiger charge is -2.08. The summed E-state index contributed by atoms with van der Waals surface area (Å²) in [6.07, 6.45) is 5.37. The van der Waals surface area contributed by atoms with E-state index in [0.29, 0.717) is 11.4 Å². The molecule has 0 spiro atoms. The summed E-state index contributed by atoms with van der Waals surface area (Å²) in [5.74, 6) is 0.736. The largest absolute Gasteiger partial charge is 0.325 e. The number of aryl methyl sites for hydroxylation is 1. The van der Waals surface area contributed by atoms with Gasteiger partial charge in [-0.15, -0.1) is 0 Å². The van der Waals surface area contributed by atoms with Gasteiger partial charge in [0.1, 0.15) is 6.54 Å². The minimum atomic E-state index is -0.344. The van der Waals surface area contributed by atoms with Gasteiger partial charge in [-0.3, -0.25) is 14.6 Å². The first-order chi connectivity index (χ1) is 15.2. The molecule has 3 aromatic heterocycles. The smallest absolute Gasteiger partial charge is 0.267 e. The van der Waals surface area contributed by atoms with Crippen LogP contribution in [0.2, 0.25) is 0 Å². The normalized spacial score (nSPS) is 12.5. The number of nitrogens with zero attached hydrogens (tertiary/aromatic N) is 5. The molecule has 0 saturated heterocycles. The summed E-state index contributed by atoms with van der Waals surface area (Å²) >= 11 is 1.75. The fraction of sp³-hybridized carbons (Fsp3) is 0.136. The zero-order chi connectivity index (χ0) is 21.2. The van der Waals surface area contributed by atoms with Crippen molar-refractivity contribution in [2.75, 3.05) is 11.1 Å². The first-order valence-electron chi connectivity index (χ1n) is 9.74. The molecule has 0 saturated carbocycles. The van der Waals surface area contributed by atoms with Crippen molar-refractivity contribution in [2.24, 2.45) is 0 Å². The number of carbonyl (C=O) groups excluding carboxylic acids is 1. The number of benzene rings is 1. The Balaban J connectivity index is 1.28. The van der Waals surface area contributed by atoms with E-state index in [2.05, 4.69) is 31.1 Å². The molecule has 31 heavy (non-hydrogen) atoms. The molecule has 4 heterocycles. The highest BCUT2D eigenvalue weighted by molar-refractivity contribution is 7.99. The molecule has 0 unspecified atom stereocenters. The van der Waals surface area contributed by atoms with Gasteiger partial charge < -0.3 is 9.88 Å². The van der Waals surface area contributed by atoms with Crippen LogP contribution < -0.4 is 10.9 Å². The molecule has 4 aromatic rings. The third-order valence-electron chi connectivity index (χ3n) is 4.88. The van der Waals surface area contributed by atoms with Gasteiger partial charge >= 0.3 is 0 Å². The number of hydrogen-bond acceptors (Lipinski definition) is 6. The molecule has 1 aromatic carbocycles. The molecule has 0 bridgehead atoms. The van der Waals surface area contributed by atoms with E-state index in [0.717, 1.165) is 39.0 Å². The van der Waals surface area contributed by atoms with Gasteiger partial charge in [0.25, 0.3) is 5.56 Å². The average molecular weight is 430 g/mol. The van der Waals surface area contributed by atoms with E-state index in [9.17, 15) is 9.59 Å². The monoisotopic (exact) mass is 430 g/mol. The Labute approximate surface area is 182 Å². The van der Waals surface area contributed by atoms with Gasteiger partial charge in [-0.1, -0.05) is 23.9 Å². The molecule has 0 atom stereocenters. The number of fused-ring (bicyclic) bond motifs is 1. The van der Waals surface area contributed by atoms with E-state index < -0.39 is 0 Å². The number of thioether (sulfide) groups is 1. The van der Waals surface area contributed by atoms with Crippen molar-refractivity contribution < 1.29 is 4.79 Å². The number of amides is 1. The Morgan fingerprint density at radius 1 is 1.06 bits per heavy atom. The molecular weight excluding hydrogens is 412 g/mol. The third-order valence-corrected chi connectivity index (χ3v) is 5.86. The summed E-state index contributed by atoms with van der Waals surface area (Å²) in [6.45, 7) is 0.802. The maximum absolute atomic E-state index is 12.5. The SMILES string of the molecule is O=C(Cn1nc(-c2cccnc2)ccc1=O)Nc1ccc(-c2cn3c(n2)SCC3)cc1. The summed E-state index contributed by atoms with van der Waals surface area (Å²) in [5, 5.41) is 8.15. The summed E-state index contributed by atoms with van der Waals surface area (Å²) in [6, 6.07) is 14.2. The van der Waals surface area contributed by atoms with Crippen LogP contribution in [-0.2, 0) is 17.9 Å². The highest BCUT2D eigenvalue weighted by Gasteiger charge is 2.15. The van der Waals surface area contributed by atoms with Crippen LogP contribution in [0, 0.1) is 0 Å². The fourth-order valence-corrected chi connectivity index (χ4v) is 4.28. The highest BCUT2D eigenvalue weighted by Crippen LogP contribution is 2.29. The second kappa shape index (κ2) is 8.19. The third kappa shape index (κ3) is 4.13. The molecule has 1 N–H and O–H groups in total. The highest BCUT2D eigenvalue weighted by atomic mass is 32.2. The predicted molar refractivity (Wildman–Crippen MR) is 119 cm³/mol. The lowest BCUT2D eigenvalue weighted by molar-refractivity contribution is -0.117. The van der Waals surface area contributed by atoms with E-state index in [4.69, 9.17) is 0 Å². The van der Waals surface area contributed by atoms with E-state index in [1.807, 2.05) is 30.3 Å². The Bertz CT molecular complexity index is 1280. The van der Waals surface area contributed by atoms with Gasteiger partial charge in [0.2, 0.25) is 5.91 Å². The van der Waals surface area contributed by atoms with Gasteiger partial charge in [-0.25, -0.2) is 9.67 Å². The van der Waals surface area contributed by atoms with Gasteiger partial charge in [-0.05, 0) is 30.3 Å². The summed E-state index contributed by atoms with van der Waals surface area (Å²) in [4.78, 5) is 33.3. The molecular formula is C22H18N6O2S. The minimum Gasteiger partial charge on any atom is -0.325 e. The van der Waals surface area contributed by atoms with E-state index in [1.165, 1.54) is 6.07 Å². The van der Waals surface area contributed by atoms with E-state index in [1.54, 1.807) is 36.3 Å². The lowest BCUT2D eigenvalue weighted by atomic mass is 10.1. The molecule has 0 aliphatic carbocycles. The van der Waals surface area contributed by atoms with Crippen molar-refractivity contribution in [3.63, 3.8) is 0 Å². The van der Waals surface area contributed by atoms with Crippen LogP contribution in [0.25, 0.3) is 22.5 Å². The topological polar surface area (TPSA) is 94.7 Å². The van der Waals surface area contributed by atoms with Crippen LogP contribution in [0.4, 0.5) is 5.69 Å². The second-order valence-corrected chi connectivity index (χ2v) is 8.09. The van der Waals surface area contributed by atoms with Crippen molar-refractivity contribution in [1.29, 1.82) is 0 Å². The number of nitrogens with one attached hydrogen (secondary N) is 1. The minimum absolute atomic E-state index is 0.181. The Morgan fingerprint density at radius 2 is 1.94 bits per heavy atom. The number of hydrogen-bond donors (Lipinski definition) is 1. The summed E-state index contributed by atoms with van der Waals surface area (Å²) < 4.78 is 3.30. The van der Waals surface area contributed by atoms with Crippen LogP contribution in [0.3, 0.4) is 0 Å². The fourth-order valence-electron chi connectivity index (χ4n) is 3.34. The van der Waals surface area contributed by atoms with Gasteiger partial charge in [0.15, 0.2) is 5.16 Å². The van der Waals surface area contributed by atoms with Crippen LogP contribution in [0.1, 0.15) is 0 Å². The van der Waals surface area contributed by atoms with E-state index in [-0.39, 0.29) is 18.0 Å². The standard InChI is InChI=1S/C22H18N6O2S/c29-20(14-28-21(30)8-7-18(26-28)16-2-1-9-23-12-16)24-17-5-3-15(4-6-17)19-13-27-10-11-31-22(27)25-19/h1-9,12-13H,10-11,14H2,(H,24,29). The molecule has 9 heteroatoms. The number of aromatic nitrogens is 5. The van der Waals surface area contributed by atoms with E-state index >= 15 is 0 Å². The van der Waals surface area contributed by atoms with Crippen molar-refractivity contribution in [3.8, 4) is 22.5 Å². The zero-order valence-electron chi connectivity index (χ0n) is 16.4. The summed E-state index contributed by atoms with van der Waals surface area (Å²) in [7, 11) is 0. The number of pyridine rings is 1. The molecule has 0 fully saturated rings. The first-order valence-corrected chi connectivity index (χ1v) is 10.7. The van der Waals surface area contributed by atoms with Gasteiger partial charge in [0.05, 0.1) is 11.4 Å². The van der Waals surface area contributed by atoms with Crippen molar-refractivity contribution in [1.82, 2.24) is 24.3 Å². The van der Waals surface area contributed by atoms with Crippen LogP contribution in [0.15, 0.2) is 77.1 Å². The Hall–Kier alpha value is -3.72. The maximum atomic E-state index is 12.5. The molecule has 5 rings (SSSR count). The summed E-state index contributed by atoms with van der Waals surface area (Å²) in [5.41, 5.74) is 3.56. The maximum Gasteiger partial charge on any atom is 0.267 e. The number of anilines is 1. The van der Waals surface area contributed by atoms with Crippen LogP contribution >= 0.6 is 11.8 Å². The molecule has 1 aliphatic heterocycles. The average Bonchev–Trinajstić information content (AvgIpc) is 3.39. The van der Waals surface area contributed by atoms with Gasteiger partial charge in [-0.2, -0.15) is 5.10 Å². The number of carbonyl (C=O) groups is 1. The van der Waals surface area contributed by atoms with Crippen molar-refractivity contribution in [3.05, 3.63) is 77.5 Å². The molecule has 1 amide bonds. The quantitative estimate of drug-likeness (QED) is 0.523. The number of imidazole rings is 1. The number of rotatable bonds is 5. The molecule has 1 aliphatic rings. The zero-order valence-corrected chi connectivity index (χ0v) is 17.2.